The number of carbonyl (C=O) groups is 1. The van der Waals surface area contributed by atoms with Gasteiger partial charge < -0.3 is 21.1 Å². The fourth-order valence-corrected chi connectivity index (χ4v) is 8.52. The Bertz CT molecular complexity index is 763. The van der Waals surface area contributed by atoms with Crippen LogP contribution in [0.2, 0.25) is 0 Å². The van der Waals surface area contributed by atoms with E-state index in [2.05, 4.69) is 9.80 Å². The van der Waals surface area contributed by atoms with Crippen LogP contribution < -0.4 is 11.5 Å². The monoisotopic (exact) mass is 515 g/mol. The first-order chi connectivity index (χ1) is 18.0. The molecule has 2 heterocycles. The molecule has 6 atom stereocenters. The van der Waals surface area contributed by atoms with Crippen LogP contribution in [0.5, 0.6) is 0 Å². The van der Waals surface area contributed by atoms with Crippen molar-refractivity contribution in [2.75, 3.05) is 26.2 Å². The van der Waals surface area contributed by atoms with Crippen molar-refractivity contribution >= 4 is 11.7 Å². The number of fused-ring (bicyclic) bond motifs is 1. The van der Waals surface area contributed by atoms with Crippen LogP contribution in [0.25, 0.3) is 0 Å². The highest BCUT2D eigenvalue weighted by Gasteiger charge is 2.49. The van der Waals surface area contributed by atoms with Gasteiger partial charge in [-0.15, -0.1) is 0 Å². The SMILES string of the molecule is N=C(N)C1CCC2CC(C(=O)N3CCC(CCN)CC3)N(CC3CCCC(OC4CCCCC4)C3)C2C1. The highest BCUT2D eigenvalue weighted by Crippen LogP contribution is 2.44. The summed E-state index contributed by atoms with van der Waals surface area (Å²) in [5.74, 6) is 2.73. The molecule has 0 aromatic heterocycles. The molecule has 3 saturated carbocycles. The Morgan fingerprint density at radius 1 is 0.838 bits per heavy atom. The minimum absolute atomic E-state index is 0.00593. The van der Waals surface area contributed by atoms with Crippen LogP contribution in [0.3, 0.4) is 0 Å². The minimum Gasteiger partial charge on any atom is -0.387 e. The van der Waals surface area contributed by atoms with Gasteiger partial charge in [-0.25, -0.2) is 0 Å². The second kappa shape index (κ2) is 12.8. The molecule has 0 aromatic rings. The second-order valence-electron chi connectivity index (χ2n) is 13.1. The highest BCUT2D eigenvalue weighted by atomic mass is 16.5. The van der Waals surface area contributed by atoms with Crippen molar-refractivity contribution in [3.05, 3.63) is 0 Å². The first-order valence-electron chi connectivity index (χ1n) is 15.8. The largest absolute Gasteiger partial charge is 0.387 e. The molecule has 6 unspecified atom stereocenters. The average molecular weight is 516 g/mol. The maximum atomic E-state index is 14.0. The fraction of sp³-hybridized carbons (Fsp3) is 0.933. The lowest BCUT2D eigenvalue weighted by atomic mass is 9.77. The van der Waals surface area contributed by atoms with E-state index in [9.17, 15) is 4.79 Å². The van der Waals surface area contributed by atoms with E-state index in [1.54, 1.807) is 0 Å². The molecule has 3 aliphatic carbocycles. The molecular formula is C30H53N5O2. The Balaban J connectivity index is 1.25. The third-order valence-electron chi connectivity index (χ3n) is 10.7. The Morgan fingerprint density at radius 2 is 1.59 bits per heavy atom. The molecule has 5 fully saturated rings. The van der Waals surface area contributed by atoms with Crippen molar-refractivity contribution in [2.45, 2.75) is 127 Å². The number of likely N-dealkylation sites (tertiary alicyclic amines) is 2. The van der Waals surface area contributed by atoms with Crippen LogP contribution >= 0.6 is 0 Å². The summed E-state index contributed by atoms with van der Waals surface area (Å²) < 4.78 is 6.63. The van der Waals surface area contributed by atoms with Crippen LogP contribution in [-0.4, -0.2) is 72.0 Å². The van der Waals surface area contributed by atoms with Gasteiger partial charge in [0.05, 0.1) is 24.1 Å². The number of rotatable bonds is 8. The average Bonchev–Trinajstić information content (AvgIpc) is 3.27. The number of carbonyl (C=O) groups excluding carboxylic acids is 1. The van der Waals surface area contributed by atoms with E-state index < -0.39 is 0 Å². The van der Waals surface area contributed by atoms with Crippen LogP contribution in [-0.2, 0) is 9.53 Å². The molecule has 0 radical (unpaired) electrons. The van der Waals surface area contributed by atoms with Gasteiger partial charge in [0.15, 0.2) is 0 Å². The van der Waals surface area contributed by atoms with E-state index in [1.807, 2.05) is 0 Å². The Kier molecular flexibility index (Phi) is 9.46. The van der Waals surface area contributed by atoms with Crippen LogP contribution in [0.15, 0.2) is 0 Å². The zero-order chi connectivity index (χ0) is 25.8. The van der Waals surface area contributed by atoms with Crippen molar-refractivity contribution in [1.29, 1.82) is 5.41 Å². The summed E-state index contributed by atoms with van der Waals surface area (Å²) in [4.78, 5) is 18.8. The maximum absolute atomic E-state index is 14.0. The second-order valence-corrected chi connectivity index (χ2v) is 13.1. The third kappa shape index (κ3) is 6.70. The van der Waals surface area contributed by atoms with Crippen LogP contribution in [0.4, 0.5) is 0 Å². The van der Waals surface area contributed by atoms with Gasteiger partial charge in [0.2, 0.25) is 5.91 Å². The summed E-state index contributed by atoms with van der Waals surface area (Å²) in [7, 11) is 0. The molecule has 0 aromatic carbocycles. The summed E-state index contributed by atoms with van der Waals surface area (Å²) in [5.41, 5.74) is 11.8. The topological polar surface area (TPSA) is 109 Å². The fourth-order valence-electron chi connectivity index (χ4n) is 8.52. The molecule has 2 saturated heterocycles. The number of hydrogen-bond acceptors (Lipinski definition) is 5. The van der Waals surface area contributed by atoms with Crippen molar-refractivity contribution in [3.63, 3.8) is 0 Å². The molecule has 2 aliphatic heterocycles. The lowest BCUT2D eigenvalue weighted by Gasteiger charge is -2.41. The normalized spacial score (nSPS) is 36.4. The number of nitrogens with one attached hydrogen (secondary N) is 1. The molecule has 0 bridgehead atoms. The van der Waals surface area contributed by atoms with E-state index in [0.717, 1.165) is 77.5 Å². The van der Waals surface area contributed by atoms with E-state index in [-0.39, 0.29) is 12.0 Å². The summed E-state index contributed by atoms with van der Waals surface area (Å²) in [6.07, 6.45) is 19.5. The van der Waals surface area contributed by atoms with Crippen molar-refractivity contribution < 1.29 is 9.53 Å². The molecule has 5 rings (SSSR count). The van der Waals surface area contributed by atoms with E-state index >= 15 is 0 Å². The Morgan fingerprint density at radius 3 is 2.32 bits per heavy atom. The molecule has 5 N–H and O–H groups in total. The lowest BCUT2D eigenvalue weighted by molar-refractivity contribution is -0.138. The predicted molar refractivity (Wildman–Crippen MR) is 148 cm³/mol. The first-order valence-corrected chi connectivity index (χ1v) is 15.8. The third-order valence-corrected chi connectivity index (χ3v) is 10.7. The summed E-state index contributed by atoms with van der Waals surface area (Å²) in [6, 6.07) is 0.400. The van der Waals surface area contributed by atoms with Gasteiger partial charge >= 0.3 is 0 Å². The number of amidine groups is 1. The standard InChI is InChI=1S/C30H53N5O2/c31-14-11-21-12-15-34(16-13-21)30(36)28-18-23-9-10-24(29(32)33)19-27(23)35(28)20-22-5-4-8-26(17-22)37-25-6-2-1-3-7-25/h21-28H,1-20,31H2,(H3,32,33). The van der Waals surface area contributed by atoms with Crippen LogP contribution in [0.1, 0.15) is 103 Å². The van der Waals surface area contributed by atoms with E-state index in [1.165, 1.54) is 51.4 Å². The molecule has 37 heavy (non-hydrogen) atoms. The van der Waals surface area contributed by atoms with E-state index in [0.29, 0.717) is 47.7 Å². The molecule has 1 amide bonds. The summed E-state index contributed by atoms with van der Waals surface area (Å²) >= 11 is 0. The molecular weight excluding hydrogens is 462 g/mol. The van der Waals surface area contributed by atoms with Crippen LogP contribution in [0, 0.1) is 29.1 Å². The Hall–Kier alpha value is -1.18. The minimum atomic E-state index is 0.00593. The van der Waals surface area contributed by atoms with Crippen molar-refractivity contribution in [1.82, 2.24) is 9.80 Å². The van der Waals surface area contributed by atoms with Gasteiger partial charge in [-0.1, -0.05) is 25.7 Å². The summed E-state index contributed by atoms with van der Waals surface area (Å²) in [5, 5.41) is 8.11. The number of amides is 1. The van der Waals surface area contributed by atoms with Gasteiger partial charge in [0.1, 0.15) is 0 Å². The zero-order valence-corrected chi connectivity index (χ0v) is 23.1. The number of hydrogen-bond donors (Lipinski definition) is 3. The predicted octanol–water partition coefficient (Wildman–Crippen LogP) is 4.28. The van der Waals surface area contributed by atoms with Gasteiger partial charge in [-0.3, -0.25) is 15.1 Å². The maximum Gasteiger partial charge on any atom is 0.239 e. The highest BCUT2D eigenvalue weighted by molar-refractivity contribution is 5.83. The smallest absolute Gasteiger partial charge is 0.239 e. The number of ether oxygens (including phenoxy) is 1. The Labute approximate surface area is 224 Å². The van der Waals surface area contributed by atoms with Crippen molar-refractivity contribution in [2.24, 2.45) is 35.1 Å². The van der Waals surface area contributed by atoms with E-state index in [4.69, 9.17) is 21.6 Å². The van der Waals surface area contributed by atoms with Crippen molar-refractivity contribution in [3.8, 4) is 0 Å². The molecule has 0 spiro atoms. The summed E-state index contributed by atoms with van der Waals surface area (Å²) in [6.45, 7) is 3.54. The quantitative estimate of drug-likeness (QED) is 0.330. The molecule has 7 nitrogen and oxygen atoms in total. The molecule has 210 valence electrons. The molecule has 7 heteroatoms. The zero-order valence-electron chi connectivity index (χ0n) is 23.1. The lowest BCUT2D eigenvalue weighted by Crippen LogP contribution is -2.52. The first kappa shape index (κ1) is 27.4. The van der Waals surface area contributed by atoms with Gasteiger partial charge in [0.25, 0.3) is 0 Å². The number of piperidine rings is 1. The van der Waals surface area contributed by atoms with Gasteiger partial charge in [-0.2, -0.15) is 0 Å². The number of nitrogens with zero attached hydrogens (tertiary/aromatic N) is 2. The number of nitrogens with two attached hydrogens (primary N) is 2. The molecule has 5 aliphatic rings. The van der Waals surface area contributed by atoms with Gasteiger partial charge in [-0.05, 0) is 101 Å². The van der Waals surface area contributed by atoms with Gasteiger partial charge in [0, 0.05) is 31.6 Å².